The Kier molecular flexibility index (Phi) is 2.10. The molecule has 0 amide bonds. The third kappa shape index (κ3) is 1.34. The first kappa shape index (κ1) is 5.83. The molecule has 0 aromatic carbocycles. The third-order valence-electron chi connectivity index (χ3n) is 1.49. The molecule has 0 radical (unpaired) electrons. The molecule has 0 aromatic heterocycles. The highest BCUT2D eigenvalue weighted by atomic mass is 16.5. The van der Waals surface area contributed by atoms with Crippen LogP contribution in [0.3, 0.4) is 0 Å². The van der Waals surface area contributed by atoms with Crippen LogP contribution in [0.4, 0.5) is 0 Å². The van der Waals surface area contributed by atoms with Gasteiger partial charge in [-0.1, -0.05) is 12.2 Å². The van der Waals surface area contributed by atoms with Crippen molar-refractivity contribution in [1.29, 1.82) is 0 Å². The molecule has 0 N–H and O–H groups in total. The van der Waals surface area contributed by atoms with Gasteiger partial charge in [0.25, 0.3) is 0 Å². The van der Waals surface area contributed by atoms with Gasteiger partial charge in [0, 0.05) is 13.0 Å². The SMILES string of the molecule is COC[C@H]1C=CCC1. The van der Waals surface area contributed by atoms with Crippen LogP contribution in [-0.2, 0) is 4.74 Å². The van der Waals surface area contributed by atoms with E-state index in [1.807, 2.05) is 0 Å². The van der Waals surface area contributed by atoms with Crippen LogP contribution < -0.4 is 0 Å². The van der Waals surface area contributed by atoms with E-state index < -0.39 is 0 Å². The fourth-order valence-corrected chi connectivity index (χ4v) is 1.05. The molecule has 0 fully saturated rings. The molecule has 0 unspecified atom stereocenters. The summed E-state index contributed by atoms with van der Waals surface area (Å²) in [5.74, 6) is 0.708. The summed E-state index contributed by atoms with van der Waals surface area (Å²) >= 11 is 0. The minimum Gasteiger partial charge on any atom is -0.384 e. The molecule has 0 aliphatic heterocycles. The topological polar surface area (TPSA) is 9.23 Å². The second-order valence-electron chi connectivity index (χ2n) is 2.22. The van der Waals surface area contributed by atoms with E-state index in [4.69, 9.17) is 4.74 Å². The molecule has 0 saturated carbocycles. The van der Waals surface area contributed by atoms with Gasteiger partial charge in [0.05, 0.1) is 6.61 Å². The summed E-state index contributed by atoms with van der Waals surface area (Å²) in [7, 11) is 1.76. The van der Waals surface area contributed by atoms with E-state index in [0.717, 1.165) is 6.61 Å². The molecule has 1 aliphatic carbocycles. The average Bonchev–Trinajstić information content (AvgIpc) is 2.19. The molecule has 1 atom stereocenters. The number of ether oxygens (including phenoxy) is 1. The van der Waals surface area contributed by atoms with Crippen molar-refractivity contribution in [1.82, 2.24) is 0 Å². The van der Waals surface area contributed by atoms with Gasteiger partial charge in [0.15, 0.2) is 0 Å². The summed E-state index contributed by atoms with van der Waals surface area (Å²) in [6.45, 7) is 0.899. The number of allylic oxidation sites excluding steroid dienone is 1. The molecule has 0 aromatic rings. The van der Waals surface area contributed by atoms with Gasteiger partial charge < -0.3 is 4.74 Å². The summed E-state index contributed by atoms with van der Waals surface area (Å²) in [5.41, 5.74) is 0. The second-order valence-corrected chi connectivity index (χ2v) is 2.22. The Hall–Kier alpha value is -0.300. The predicted octanol–water partition coefficient (Wildman–Crippen LogP) is 1.60. The summed E-state index contributed by atoms with van der Waals surface area (Å²) < 4.78 is 4.97. The molecule has 1 heteroatoms. The van der Waals surface area contributed by atoms with E-state index in [2.05, 4.69) is 12.2 Å². The first-order valence-corrected chi connectivity index (χ1v) is 3.09. The number of rotatable bonds is 2. The van der Waals surface area contributed by atoms with Crippen LogP contribution in [0, 0.1) is 5.92 Å². The van der Waals surface area contributed by atoms with Crippen LogP contribution in [0.5, 0.6) is 0 Å². The van der Waals surface area contributed by atoms with Crippen molar-refractivity contribution in [2.24, 2.45) is 5.92 Å². The van der Waals surface area contributed by atoms with E-state index in [-0.39, 0.29) is 0 Å². The molecule has 0 heterocycles. The summed E-state index contributed by atoms with van der Waals surface area (Å²) in [6, 6.07) is 0. The highest BCUT2D eigenvalue weighted by Crippen LogP contribution is 2.16. The molecule has 0 spiro atoms. The fraction of sp³-hybridized carbons (Fsp3) is 0.714. The maximum absolute atomic E-state index is 4.97. The van der Waals surface area contributed by atoms with E-state index in [1.165, 1.54) is 12.8 Å². The third-order valence-corrected chi connectivity index (χ3v) is 1.49. The Morgan fingerprint density at radius 2 is 2.62 bits per heavy atom. The molecular weight excluding hydrogens is 100 g/mol. The molecule has 0 bridgehead atoms. The molecule has 1 rings (SSSR count). The summed E-state index contributed by atoms with van der Waals surface area (Å²) in [6.07, 6.45) is 7.00. The lowest BCUT2D eigenvalue weighted by Crippen LogP contribution is -2.00. The van der Waals surface area contributed by atoms with E-state index >= 15 is 0 Å². The minimum absolute atomic E-state index is 0.708. The van der Waals surface area contributed by atoms with Crippen LogP contribution in [0.15, 0.2) is 12.2 Å². The lowest BCUT2D eigenvalue weighted by molar-refractivity contribution is 0.169. The van der Waals surface area contributed by atoms with Crippen molar-refractivity contribution in [3.63, 3.8) is 0 Å². The van der Waals surface area contributed by atoms with Crippen LogP contribution in [0.2, 0.25) is 0 Å². The molecule has 46 valence electrons. The monoisotopic (exact) mass is 112 g/mol. The zero-order valence-electron chi connectivity index (χ0n) is 5.26. The van der Waals surface area contributed by atoms with Gasteiger partial charge in [0.2, 0.25) is 0 Å². The standard InChI is InChI=1S/C7H12O/c1-8-6-7-4-2-3-5-7/h2,4,7H,3,5-6H2,1H3/t7-/m0/s1. The Labute approximate surface area is 50.3 Å². The lowest BCUT2D eigenvalue weighted by Gasteiger charge is -2.02. The van der Waals surface area contributed by atoms with Crippen LogP contribution in [0.1, 0.15) is 12.8 Å². The van der Waals surface area contributed by atoms with Crippen molar-refractivity contribution >= 4 is 0 Å². The summed E-state index contributed by atoms with van der Waals surface area (Å²) in [4.78, 5) is 0. The van der Waals surface area contributed by atoms with Crippen molar-refractivity contribution in [2.75, 3.05) is 13.7 Å². The van der Waals surface area contributed by atoms with Gasteiger partial charge in [-0.05, 0) is 12.8 Å². The largest absolute Gasteiger partial charge is 0.384 e. The van der Waals surface area contributed by atoms with Gasteiger partial charge in [-0.3, -0.25) is 0 Å². The predicted molar refractivity (Wildman–Crippen MR) is 33.7 cm³/mol. The number of methoxy groups -OCH3 is 1. The zero-order chi connectivity index (χ0) is 5.82. The molecule has 1 aliphatic rings. The van der Waals surface area contributed by atoms with Crippen LogP contribution >= 0.6 is 0 Å². The highest BCUT2D eigenvalue weighted by molar-refractivity contribution is 4.95. The zero-order valence-corrected chi connectivity index (χ0v) is 5.26. The Morgan fingerprint density at radius 3 is 3.12 bits per heavy atom. The van der Waals surface area contributed by atoms with Gasteiger partial charge in [0.1, 0.15) is 0 Å². The van der Waals surface area contributed by atoms with Crippen molar-refractivity contribution < 1.29 is 4.74 Å². The maximum Gasteiger partial charge on any atom is 0.0525 e. The fourth-order valence-electron chi connectivity index (χ4n) is 1.05. The van der Waals surface area contributed by atoms with Gasteiger partial charge in [-0.25, -0.2) is 0 Å². The Balaban J connectivity index is 2.16. The molecule has 8 heavy (non-hydrogen) atoms. The Bertz CT molecular complexity index is 86.4. The molecular formula is C7H12O. The van der Waals surface area contributed by atoms with Gasteiger partial charge >= 0.3 is 0 Å². The first-order valence-electron chi connectivity index (χ1n) is 3.09. The lowest BCUT2D eigenvalue weighted by atomic mass is 10.1. The number of hydrogen-bond acceptors (Lipinski definition) is 1. The first-order chi connectivity index (χ1) is 3.93. The normalized spacial score (nSPS) is 26.9. The van der Waals surface area contributed by atoms with E-state index in [1.54, 1.807) is 7.11 Å². The van der Waals surface area contributed by atoms with Crippen molar-refractivity contribution in [3.05, 3.63) is 12.2 Å². The van der Waals surface area contributed by atoms with Crippen LogP contribution in [-0.4, -0.2) is 13.7 Å². The number of hydrogen-bond donors (Lipinski definition) is 0. The van der Waals surface area contributed by atoms with Crippen molar-refractivity contribution in [2.45, 2.75) is 12.8 Å². The Morgan fingerprint density at radius 1 is 1.75 bits per heavy atom. The quantitative estimate of drug-likeness (QED) is 0.493. The van der Waals surface area contributed by atoms with Crippen LogP contribution in [0.25, 0.3) is 0 Å². The van der Waals surface area contributed by atoms with E-state index in [9.17, 15) is 0 Å². The smallest absolute Gasteiger partial charge is 0.0525 e. The highest BCUT2D eigenvalue weighted by Gasteiger charge is 2.06. The molecule has 1 nitrogen and oxygen atoms in total. The van der Waals surface area contributed by atoms with Crippen molar-refractivity contribution in [3.8, 4) is 0 Å². The minimum atomic E-state index is 0.708. The molecule has 0 saturated heterocycles. The van der Waals surface area contributed by atoms with Gasteiger partial charge in [-0.2, -0.15) is 0 Å². The van der Waals surface area contributed by atoms with E-state index in [0.29, 0.717) is 5.92 Å². The summed E-state index contributed by atoms with van der Waals surface area (Å²) in [5, 5.41) is 0. The average molecular weight is 112 g/mol. The maximum atomic E-state index is 4.97. The van der Waals surface area contributed by atoms with Gasteiger partial charge in [-0.15, -0.1) is 0 Å². The second kappa shape index (κ2) is 2.88.